The van der Waals surface area contributed by atoms with Crippen LogP contribution in [0.3, 0.4) is 0 Å². The van der Waals surface area contributed by atoms with Gasteiger partial charge >= 0.3 is 6.18 Å². The van der Waals surface area contributed by atoms with E-state index in [4.69, 9.17) is 0 Å². The van der Waals surface area contributed by atoms with Gasteiger partial charge in [0.05, 0.1) is 29.6 Å². The van der Waals surface area contributed by atoms with Gasteiger partial charge in [0.15, 0.2) is 11.6 Å². The molecule has 0 radical (unpaired) electrons. The number of hydrogen-bond acceptors (Lipinski definition) is 6. The average Bonchev–Trinajstić information content (AvgIpc) is 2.84. The average molecular weight is 472 g/mol. The van der Waals surface area contributed by atoms with Gasteiger partial charge in [0, 0.05) is 25.0 Å². The molecular formula is C23H20F4N6O. The molecule has 1 aliphatic carbocycles. The lowest BCUT2D eigenvalue weighted by molar-refractivity contribution is -0.137. The maximum absolute atomic E-state index is 13.6. The highest BCUT2D eigenvalue weighted by Crippen LogP contribution is 2.38. The minimum Gasteiger partial charge on any atom is -0.365 e. The Hall–Kier alpha value is -3.63. The van der Waals surface area contributed by atoms with Crippen molar-refractivity contribution in [1.29, 1.82) is 0 Å². The van der Waals surface area contributed by atoms with E-state index in [1.807, 2.05) is 0 Å². The third kappa shape index (κ3) is 4.29. The van der Waals surface area contributed by atoms with Gasteiger partial charge in [0.25, 0.3) is 5.91 Å². The number of anilines is 1. The molecule has 0 spiro atoms. The topological polar surface area (TPSA) is 83.9 Å². The highest BCUT2D eigenvalue weighted by molar-refractivity contribution is 5.99. The second-order valence-electron chi connectivity index (χ2n) is 8.51. The number of amides is 1. The molecule has 2 bridgehead atoms. The zero-order valence-corrected chi connectivity index (χ0v) is 17.8. The monoisotopic (exact) mass is 472 g/mol. The van der Waals surface area contributed by atoms with E-state index in [0.717, 1.165) is 43.9 Å². The molecule has 3 aliphatic rings. The van der Waals surface area contributed by atoms with Gasteiger partial charge in [0.1, 0.15) is 11.5 Å². The molecule has 0 aromatic carbocycles. The van der Waals surface area contributed by atoms with Gasteiger partial charge in [-0.2, -0.15) is 13.2 Å². The lowest BCUT2D eigenvalue weighted by Gasteiger charge is -2.50. The second kappa shape index (κ2) is 8.62. The molecule has 3 fully saturated rings. The Balaban J connectivity index is 1.38. The number of alkyl halides is 3. The number of fused-ring (bicyclic) bond motifs is 3. The summed E-state index contributed by atoms with van der Waals surface area (Å²) >= 11 is 0. The molecule has 7 nitrogen and oxygen atoms in total. The molecular weight excluding hydrogens is 452 g/mol. The quantitative estimate of drug-likeness (QED) is 0.573. The molecule has 1 saturated carbocycles. The number of carbonyl (C=O) groups is 1. The number of piperidine rings is 2. The van der Waals surface area contributed by atoms with Gasteiger partial charge in [-0.05, 0) is 49.4 Å². The Labute approximate surface area is 192 Å². The van der Waals surface area contributed by atoms with Crippen LogP contribution in [0.25, 0.3) is 11.5 Å². The molecule has 2 aliphatic heterocycles. The van der Waals surface area contributed by atoms with E-state index in [2.05, 4.69) is 25.3 Å². The van der Waals surface area contributed by atoms with Gasteiger partial charge < -0.3 is 10.2 Å². The molecule has 11 heteroatoms. The zero-order chi connectivity index (χ0) is 23.9. The van der Waals surface area contributed by atoms with Crippen molar-refractivity contribution in [3.8, 4) is 11.5 Å². The summed E-state index contributed by atoms with van der Waals surface area (Å²) in [5.74, 6) is -0.0942. The first-order valence-electron chi connectivity index (χ1n) is 10.8. The lowest BCUT2D eigenvalue weighted by atomic mass is 9.76. The molecule has 6 rings (SSSR count). The van der Waals surface area contributed by atoms with Gasteiger partial charge in [-0.15, -0.1) is 0 Å². The van der Waals surface area contributed by atoms with Crippen molar-refractivity contribution in [1.82, 2.24) is 24.8 Å². The molecule has 1 amide bonds. The fourth-order valence-electron chi connectivity index (χ4n) is 4.77. The molecule has 3 aromatic rings. The van der Waals surface area contributed by atoms with Crippen LogP contribution in [0.4, 0.5) is 23.4 Å². The third-order valence-electron chi connectivity index (χ3n) is 6.33. The second-order valence-corrected chi connectivity index (χ2v) is 8.51. The summed E-state index contributed by atoms with van der Waals surface area (Å²) in [6, 6.07) is 5.27. The normalized spacial score (nSPS) is 22.0. The number of hydrogen-bond donors (Lipinski definition) is 1. The van der Waals surface area contributed by atoms with Crippen molar-refractivity contribution >= 4 is 11.7 Å². The van der Waals surface area contributed by atoms with Crippen molar-refractivity contribution in [3.63, 3.8) is 0 Å². The van der Waals surface area contributed by atoms with Crippen LogP contribution in [-0.2, 0) is 6.18 Å². The van der Waals surface area contributed by atoms with Gasteiger partial charge in [-0.1, -0.05) is 0 Å². The molecule has 3 aromatic heterocycles. The fourth-order valence-corrected chi connectivity index (χ4v) is 4.77. The molecule has 3 atom stereocenters. The minimum absolute atomic E-state index is 0.149. The molecule has 34 heavy (non-hydrogen) atoms. The highest BCUT2D eigenvalue weighted by Gasteiger charge is 2.43. The van der Waals surface area contributed by atoms with Gasteiger partial charge in [-0.25, -0.2) is 19.3 Å². The lowest BCUT2D eigenvalue weighted by Crippen LogP contribution is -2.59. The van der Waals surface area contributed by atoms with Crippen LogP contribution in [0.2, 0.25) is 0 Å². The standard InChI is InChI=1S/C23H20F4N6O/c24-15-10-30-21(31-11-15)20-16(2-1-7-28-20)22(34)33-12-13-3-5-18(33)17(8-13)32-19-6-4-14(9-29-19)23(25,26)27/h1-2,4,6-7,9-11,13,17-18H,3,5,8,12H2,(H,29,32)/t13-,17-,18+/m1/s1. The summed E-state index contributed by atoms with van der Waals surface area (Å²) in [5.41, 5.74) is -0.233. The van der Waals surface area contributed by atoms with E-state index >= 15 is 0 Å². The number of nitrogens with one attached hydrogen (secondary N) is 1. The first-order chi connectivity index (χ1) is 16.3. The molecule has 5 heterocycles. The van der Waals surface area contributed by atoms with Crippen molar-refractivity contribution in [3.05, 3.63) is 66.0 Å². The van der Waals surface area contributed by atoms with E-state index in [0.29, 0.717) is 17.9 Å². The largest absolute Gasteiger partial charge is 0.417 e. The van der Waals surface area contributed by atoms with Gasteiger partial charge in [0.2, 0.25) is 0 Å². The maximum Gasteiger partial charge on any atom is 0.417 e. The Bertz CT molecular complexity index is 1190. The van der Waals surface area contributed by atoms with Gasteiger partial charge in [-0.3, -0.25) is 9.78 Å². The Morgan fingerprint density at radius 2 is 1.82 bits per heavy atom. The molecule has 2 saturated heterocycles. The summed E-state index contributed by atoms with van der Waals surface area (Å²) in [6.45, 7) is 0.570. The highest BCUT2D eigenvalue weighted by atomic mass is 19.4. The molecule has 176 valence electrons. The van der Waals surface area contributed by atoms with Crippen LogP contribution in [0.1, 0.15) is 35.2 Å². The fraction of sp³-hybridized carbons (Fsp3) is 0.348. The first-order valence-corrected chi connectivity index (χ1v) is 10.8. The van der Waals surface area contributed by atoms with E-state index in [1.54, 1.807) is 17.0 Å². The third-order valence-corrected chi connectivity index (χ3v) is 6.33. The van der Waals surface area contributed by atoms with Crippen LogP contribution in [0.5, 0.6) is 0 Å². The van der Waals surface area contributed by atoms with Crippen molar-refractivity contribution in [2.75, 3.05) is 11.9 Å². The summed E-state index contributed by atoms with van der Waals surface area (Å²) in [6.07, 6.45) is 2.42. The van der Waals surface area contributed by atoms with Crippen LogP contribution in [0, 0.1) is 11.7 Å². The van der Waals surface area contributed by atoms with E-state index < -0.39 is 17.6 Å². The molecule has 1 N–H and O–H groups in total. The molecule has 0 unspecified atom stereocenters. The predicted molar refractivity (Wildman–Crippen MR) is 114 cm³/mol. The van der Waals surface area contributed by atoms with Crippen molar-refractivity contribution in [2.24, 2.45) is 5.92 Å². The SMILES string of the molecule is O=C(c1cccnc1-c1ncc(F)cn1)N1C[C@@H]2CC[C@H]1[C@H](Nc1ccc(C(F)(F)F)cn1)C2. The first kappa shape index (κ1) is 22.2. The maximum atomic E-state index is 13.6. The summed E-state index contributed by atoms with van der Waals surface area (Å²) < 4.78 is 51.8. The minimum atomic E-state index is -4.45. The van der Waals surface area contributed by atoms with E-state index in [1.165, 1.54) is 12.3 Å². The Morgan fingerprint density at radius 1 is 1.03 bits per heavy atom. The summed E-state index contributed by atoms with van der Waals surface area (Å²) in [7, 11) is 0. The number of nitrogens with zero attached hydrogens (tertiary/aromatic N) is 5. The number of rotatable bonds is 4. The number of pyridine rings is 2. The van der Waals surface area contributed by atoms with E-state index in [9.17, 15) is 22.4 Å². The zero-order valence-electron chi connectivity index (χ0n) is 17.8. The summed E-state index contributed by atoms with van der Waals surface area (Å²) in [5, 5.41) is 3.23. The Morgan fingerprint density at radius 3 is 2.50 bits per heavy atom. The predicted octanol–water partition coefficient (Wildman–Crippen LogP) is 4.20. The number of halogens is 4. The smallest absolute Gasteiger partial charge is 0.365 e. The number of aromatic nitrogens is 4. The number of carbonyl (C=O) groups excluding carboxylic acids is 1. The van der Waals surface area contributed by atoms with Crippen LogP contribution in [0.15, 0.2) is 49.1 Å². The summed E-state index contributed by atoms with van der Waals surface area (Å²) in [4.78, 5) is 31.5. The van der Waals surface area contributed by atoms with Crippen molar-refractivity contribution < 1.29 is 22.4 Å². The Kier molecular flexibility index (Phi) is 5.62. The van der Waals surface area contributed by atoms with Crippen LogP contribution < -0.4 is 5.32 Å². The van der Waals surface area contributed by atoms with E-state index in [-0.39, 0.29) is 35.4 Å². The van der Waals surface area contributed by atoms with Crippen molar-refractivity contribution in [2.45, 2.75) is 37.5 Å². The van der Waals surface area contributed by atoms with Crippen LogP contribution >= 0.6 is 0 Å². The van der Waals surface area contributed by atoms with Crippen LogP contribution in [-0.4, -0.2) is 49.4 Å².